The van der Waals surface area contributed by atoms with E-state index in [9.17, 15) is 14.4 Å². The third-order valence-corrected chi connectivity index (χ3v) is 6.70. The molecule has 1 N–H and O–H groups in total. The summed E-state index contributed by atoms with van der Waals surface area (Å²) < 4.78 is 2.38. The molecular formula is C27H31N3O4. The van der Waals surface area contributed by atoms with Crippen molar-refractivity contribution in [2.45, 2.75) is 51.2 Å². The van der Waals surface area contributed by atoms with Gasteiger partial charge in [0, 0.05) is 42.7 Å². The number of imide groups is 1. The van der Waals surface area contributed by atoms with Gasteiger partial charge in [0.2, 0.25) is 12.3 Å². The fraction of sp³-hybridized carbons (Fsp3) is 0.370. The van der Waals surface area contributed by atoms with E-state index in [1.165, 1.54) is 22.3 Å². The van der Waals surface area contributed by atoms with Crippen LogP contribution in [0, 0.1) is 0 Å². The summed E-state index contributed by atoms with van der Waals surface area (Å²) in [6, 6.07) is 18.3. The number of amides is 2. The molecular weight excluding hydrogens is 430 g/mol. The quantitative estimate of drug-likeness (QED) is 0.468. The van der Waals surface area contributed by atoms with Crippen molar-refractivity contribution in [3.05, 3.63) is 71.4 Å². The summed E-state index contributed by atoms with van der Waals surface area (Å²) in [5.41, 5.74) is 4.90. The summed E-state index contributed by atoms with van der Waals surface area (Å²) in [5.74, 6) is -1.20. The van der Waals surface area contributed by atoms with Gasteiger partial charge in [-0.05, 0) is 49.9 Å². The lowest BCUT2D eigenvalue weighted by Gasteiger charge is -2.34. The van der Waals surface area contributed by atoms with Crippen molar-refractivity contribution >= 4 is 29.2 Å². The minimum atomic E-state index is -0.933. The Labute approximate surface area is 199 Å². The molecule has 1 aromatic heterocycles. The van der Waals surface area contributed by atoms with E-state index in [0.717, 1.165) is 29.7 Å². The fourth-order valence-electron chi connectivity index (χ4n) is 4.96. The molecule has 0 fully saturated rings. The molecule has 2 heterocycles. The Morgan fingerprint density at radius 1 is 1.09 bits per heavy atom. The van der Waals surface area contributed by atoms with Gasteiger partial charge in [0.1, 0.15) is 0 Å². The van der Waals surface area contributed by atoms with E-state index in [1.54, 1.807) is 0 Å². The van der Waals surface area contributed by atoms with Crippen LogP contribution in [0.2, 0.25) is 0 Å². The number of hydrogen-bond donors (Lipinski definition) is 1. The smallest absolute Gasteiger partial charge is 0.303 e. The number of hydrogen-bond acceptors (Lipinski definition) is 4. The molecule has 2 aromatic carbocycles. The van der Waals surface area contributed by atoms with E-state index in [4.69, 9.17) is 5.11 Å². The van der Waals surface area contributed by atoms with E-state index < -0.39 is 12.0 Å². The van der Waals surface area contributed by atoms with Crippen LogP contribution in [-0.4, -0.2) is 57.4 Å². The lowest BCUT2D eigenvalue weighted by atomic mass is 9.96. The van der Waals surface area contributed by atoms with Crippen molar-refractivity contribution in [1.82, 2.24) is 14.4 Å². The second-order valence-corrected chi connectivity index (χ2v) is 8.95. The van der Waals surface area contributed by atoms with Crippen LogP contribution >= 0.6 is 0 Å². The highest BCUT2D eigenvalue weighted by atomic mass is 16.4. The molecule has 3 aromatic rings. The van der Waals surface area contributed by atoms with Gasteiger partial charge in [-0.15, -0.1) is 0 Å². The highest BCUT2D eigenvalue weighted by Gasteiger charge is 2.35. The van der Waals surface area contributed by atoms with Crippen LogP contribution < -0.4 is 0 Å². The number of aliphatic carboxylic acids is 1. The van der Waals surface area contributed by atoms with E-state index in [2.05, 4.69) is 41.0 Å². The lowest BCUT2D eigenvalue weighted by Crippen LogP contribution is -2.50. The number of aromatic nitrogens is 1. The van der Waals surface area contributed by atoms with Gasteiger partial charge in [0.05, 0.1) is 6.04 Å². The number of fused-ring (bicyclic) bond motifs is 3. The van der Waals surface area contributed by atoms with Crippen molar-refractivity contribution in [1.29, 1.82) is 0 Å². The standard InChI is InChI=1S/C27H31N3O4/c1-28-18-25-22(17-24(28)27(34)29(19-31)15-8-14-26(32)33)21-12-5-6-13-23(21)30(25)16-7-11-20-9-3-2-4-10-20/h2-6,9-10,12-13,19,24H,7-8,11,14-18H2,1H3,(H,32,33). The zero-order valence-corrected chi connectivity index (χ0v) is 19.5. The second-order valence-electron chi connectivity index (χ2n) is 8.95. The van der Waals surface area contributed by atoms with E-state index in [0.29, 0.717) is 19.4 Å². The summed E-state index contributed by atoms with van der Waals surface area (Å²) in [7, 11) is 1.91. The van der Waals surface area contributed by atoms with Crippen molar-refractivity contribution in [3.63, 3.8) is 0 Å². The Hall–Kier alpha value is -3.45. The maximum atomic E-state index is 13.2. The first-order chi connectivity index (χ1) is 16.5. The van der Waals surface area contributed by atoms with E-state index in [-0.39, 0.29) is 25.3 Å². The Balaban J connectivity index is 1.54. The molecule has 1 aliphatic rings. The predicted octanol–water partition coefficient (Wildman–Crippen LogP) is 3.48. The molecule has 0 aliphatic carbocycles. The second kappa shape index (κ2) is 10.7. The summed E-state index contributed by atoms with van der Waals surface area (Å²) in [6.45, 7) is 1.63. The molecule has 1 aliphatic heterocycles. The van der Waals surface area contributed by atoms with Crippen molar-refractivity contribution < 1.29 is 19.5 Å². The molecule has 4 rings (SSSR count). The molecule has 1 unspecified atom stereocenters. The zero-order chi connectivity index (χ0) is 24.1. The van der Waals surface area contributed by atoms with E-state index >= 15 is 0 Å². The van der Waals surface area contributed by atoms with Gasteiger partial charge in [-0.3, -0.25) is 24.2 Å². The number of rotatable bonds is 10. The summed E-state index contributed by atoms with van der Waals surface area (Å²) in [6.07, 6.45) is 3.26. The molecule has 34 heavy (non-hydrogen) atoms. The average Bonchev–Trinajstić information content (AvgIpc) is 3.14. The predicted molar refractivity (Wildman–Crippen MR) is 130 cm³/mol. The first-order valence-electron chi connectivity index (χ1n) is 11.8. The van der Waals surface area contributed by atoms with Crippen LogP contribution in [0.4, 0.5) is 0 Å². The minimum Gasteiger partial charge on any atom is -0.481 e. The van der Waals surface area contributed by atoms with Gasteiger partial charge >= 0.3 is 5.97 Å². The molecule has 0 bridgehead atoms. The van der Waals surface area contributed by atoms with Gasteiger partial charge in [-0.2, -0.15) is 0 Å². The molecule has 0 radical (unpaired) electrons. The number of nitrogens with zero attached hydrogens (tertiary/aromatic N) is 3. The van der Waals surface area contributed by atoms with Gasteiger partial charge in [-0.1, -0.05) is 48.5 Å². The number of carboxylic acids is 1. The van der Waals surface area contributed by atoms with Crippen molar-refractivity contribution in [2.24, 2.45) is 0 Å². The molecule has 1 atom stereocenters. The Morgan fingerprint density at radius 3 is 2.56 bits per heavy atom. The van der Waals surface area contributed by atoms with E-state index in [1.807, 2.05) is 30.1 Å². The number of para-hydroxylation sites is 1. The zero-order valence-electron chi connectivity index (χ0n) is 19.5. The number of carboxylic acid groups (broad SMARTS) is 1. The largest absolute Gasteiger partial charge is 0.481 e. The number of aryl methyl sites for hydroxylation is 2. The van der Waals surface area contributed by atoms with Crippen LogP contribution in [0.5, 0.6) is 0 Å². The van der Waals surface area contributed by atoms with Crippen LogP contribution in [0.3, 0.4) is 0 Å². The summed E-state index contributed by atoms with van der Waals surface area (Å²) in [5, 5.41) is 10.0. The Bertz CT molecular complexity index is 1170. The third kappa shape index (κ3) is 5.04. The number of benzene rings is 2. The highest BCUT2D eigenvalue weighted by molar-refractivity contribution is 5.92. The van der Waals surface area contributed by atoms with Gasteiger partial charge in [0.15, 0.2) is 0 Å². The van der Waals surface area contributed by atoms with Gasteiger partial charge in [-0.25, -0.2) is 0 Å². The SMILES string of the molecule is CN1Cc2c(c3ccccc3n2CCCc2ccccc2)CC1C(=O)N(C=O)CCCC(=O)O. The van der Waals surface area contributed by atoms with Crippen molar-refractivity contribution in [2.75, 3.05) is 13.6 Å². The van der Waals surface area contributed by atoms with Crippen LogP contribution in [0.15, 0.2) is 54.6 Å². The fourth-order valence-corrected chi connectivity index (χ4v) is 4.96. The number of carbonyl (C=O) groups is 3. The summed E-state index contributed by atoms with van der Waals surface area (Å²) >= 11 is 0. The highest BCUT2D eigenvalue weighted by Crippen LogP contribution is 2.33. The maximum absolute atomic E-state index is 13.2. The molecule has 0 saturated carbocycles. The molecule has 7 nitrogen and oxygen atoms in total. The lowest BCUT2D eigenvalue weighted by molar-refractivity contribution is -0.144. The van der Waals surface area contributed by atoms with Crippen molar-refractivity contribution in [3.8, 4) is 0 Å². The monoisotopic (exact) mass is 461 g/mol. The molecule has 0 saturated heterocycles. The topological polar surface area (TPSA) is 82.9 Å². The first kappa shape index (κ1) is 23.7. The Morgan fingerprint density at radius 2 is 1.82 bits per heavy atom. The molecule has 7 heteroatoms. The Kier molecular flexibility index (Phi) is 7.43. The minimum absolute atomic E-state index is 0.0707. The molecule has 0 spiro atoms. The summed E-state index contributed by atoms with van der Waals surface area (Å²) in [4.78, 5) is 38.7. The number of carbonyl (C=O) groups excluding carboxylic acids is 2. The first-order valence-corrected chi connectivity index (χ1v) is 11.8. The van der Waals surface area contributed by atoms with Gasteiger partial charge in [0.25, 0.3) is 0 Å². The third-order valence-electron chi connectivity index (χ3n) is 6.70. The molecule has 2 amide bonds. The number of likely N-dealkylation sites (N-methyl/N-ethyl adjacent to an activating group) is 1. The van der Waals surface area contributed by atoms with Crippen LogP contribution in [0.1, 0.15) is 36.1 Å². The molecule has 178 valence electrons. The average molecular weight is 462 g/mol. The van der Waals surface area contributed by atoms with Crippen LogP contribution in [-0.2, 0) is 40.3 Å². The normalized spacial score (nSPS) is 15.7. The van der Waals surface area contributed by atoms with Gasteiger partial charge < -0.3 is 9.67 Å². The maximum Gasteiger partial charge on any atom is 0.303 e. The van der Waals surface area contributed by atoms with Crippen LogP contribution in [0.25, 0.3) is 10.9 Å².